The number of halogens is 1. The molecule has 0 aliphatic carbocycles. The van der Waals surface area contributed by atoms with E-state index in [1.807, 2.05) is 10.6 Å². The maximum atomic E-state index is 11.0. The Kier molecular flexibility index (Phi) is 3.27. The molecule has 0 radical (unpaired) electrons. The molecule has 3 rings (SSSR count). The Morgan fingerprint density at radius 2 is 2.10 bits per heavy atom. The number of fused-ring (bicyclic) bond motifs is 1. The Morgan fingerprint density at radius 1 is 1.29 bits per heavy atom. The molecule has 0 spiro atoms. The second-order valence-corrected chi connectivity index (χ2v) is 4.85. The van der Waals surface area contributed by atoms with Gasteiger partial charge in [-0.15, -0.1) is 0 Å². The third-order valence-electron chi connectivity index (χ3n) is 3.21. The topological polar surface area (TPSA) is 64.4 Å². The number of rotatable bonds is 3. The number of hydrogen-bond acceptors (Lipinski definition) is 3. The molecule has 0 bridgehead atoms. The minimum atomic E-state index is -0.973. The fourth-order valence-electron chi connectivity index (χ4n) is 2.15. The summed E-state index contributed by atoms with van der Waals surface area (Å²) in [4.78, 5) is 15.2. The SMILES string of the molecule is COc1cc(-n2cnc3cc(C(=O)O)ccc32)ccc1Cl. The lowest BCUT2D eigenvalue weighted by Gasteiger charge is -2.08. The molecule has 21 heavy (non-hydrogen) atoms. The molecule has 0 saturated heterocycles. The maximum absolute atomic E-state index is 11.0. The Labute approximate surface area is 125 Å². The van der Waals surface area contributed by atoms with Crippen LogP contribution in [-0.4, -0.2) is 27.7 Å². The van der Waals surface area contributed by atoms with E-state index < -0.39 is 5.97 Å². The van der Waals surface area contributed by atoms with Gasteiger partial charge in [0.25, 0.3) is 0 Å². The van der Waals surface area contributed by atoms with Crippen LogP contribution in [0.25, 0.3) is 16.7 Å². The van der Waals surface area contributed by atoms with Gasteiger partial charge in [-0.2, -0.15) is 0 Å². The number of ether oxygens (including phenoxy) is 1. The lowest BCUT2D eigenvalue weighted by atomic mass is 10.2. The number of imidazole rings is 1. The molecule has 0 aliphatic heterocycles. The fraction of sp³-hybridized carbons (Fsp3) is 0.0667. The second kappa shape index (κ2) is 5.10. The van der Waals surface area contributed by atoms with Gasteiger partial charge in [-0.3, -0.25) is 4.57 Å². The number of carbonyl (C=O) groups is 1. The molecule has 0 fully saturated rings. The van der Waals surface area contributed by atoms with Crippen molar-refractivity contribution >= 4 is 28.6 Å². The highest BCUT2D eigenvalue weighted by molar-refractivity contribution is 6.32. The Hall–Kier alpha value is -2.53. The van der Waals surface area contributed by atoms with Crippen molar-refractivity contribution in [2.75, 3.05) is 7.11 Å². The molecule has 2 aromatic carbocycles. The van der Waals surface area contributed by atoms with Crippen LogP contribution < -0.4 is 4.74 Å². The summed E-state index contributed by atoms with van der Waals surface area (Å²) < 4.78 is 7.05. The number of benzene rings is 2. The molecule has 1 N–H and O–H groups in total. The van der Waals surface area contributed by atoms with Crippen molar-refractivity contribution in [3.8, 4) is 11.4 Å². The first-order valence-corrected chi connectivity index (χ1v) is 6.52. The average Bonchev–Trinajstić information content (AvgIpc) is 2.90. The van der Waals surface area contributed by atoms with Crippen molar-refractivity contribution in [1.29, 1.82) is 0 Å². The van der Waals surface area contributed by atoms with E-state index in [0.29, 0.717) is 16.3 Å². The van der Waals surface area contributed by atoms with Crippen molar-refractivity contribution in [2.45, 2.75) is 0 Å². The molecule has 106 valence electrons. The smallest absolute Gasteiger partial charge is 0.335 e. The van der Waals surface area contributed by atoms with E-state index in [1.54, 1.807) is 43.8 Å². The summed E-state index contributed by atoms with van der Waals surface area (Å²) in [7, 11) is 1.55. The lowest BCUT2D eigenvalue weighted by Crippen LogP contribution is -1.96. The van der Waals surface area contributed by atoms with Gasteiger partial charge in [-0.1, -0.05) is 11.6 Å². The lowest BCUT2D eigenvalue weighted by molar-refractivity contribution is 0.0697. The van der Waals surface area contributed by atoms with Gasteiger partial charge in [0.15, 0.2) is 0 Å². The molecule has 3 aromatic rings. The van der Waals surface area contributed by atoms with Crippen LogP contribution in [0.15, 0.2) is 42.7 Å². The highest BCUT2D eigenvalue weighted by Gasteiger charge is 2.10. The zero-order chi connectivity index (χ0) is 15.0. The van der Waals surface area contributed by atoms with Crippen LogP contribution in [0, 0.1) is 0 Å². The van der Waals surface area contributed by atoms with Gasteiger partial charge in [0, 0.05) is 6.07 Å². The van der Waals surface area contributed by atoms with Crippen LogP contribution in [0.5, 0.6) is 5.75 Å². The molecular formula is C15H11ClN2O3. The number of aromatic carboxylic acids is 1. The molecule has 0 amide bonds. The quantitative estimate of drug-likeness (QED) is 0.805. The highest BCUT2D eigenvalue weighted by atomic mass is 35.5. The van der Waals surface area contributed by atoms with Gasteiger partial charge in [-0.05, 0) is 30.3 Å². The van der Waals surface area contributed by atoms with Gasteiger partial charge >= 0.3 is 5.97 Å². The summed E-state index contributed by atoms with van der Waals surface area (Å²) in [5.74, 6) is -0.405. The first-order chi connectivity index (χ1) is 10.1. The maximum Gasteiger partial charge on any atom is 0.335 e. The predicted octanol–water partition coefficient (Wildman–Crippen LogP) is 3.39. The van der Waals surface area contributed by atoms with E-state index in [0.717, 1.165) is 11.2 Å². The van der Waals surface area contributed by atoms with Crippen LogP contribution >= 0.6 is 11.6 Å². The van der Waals surface area contributed by atoms with Gasteiger partial charge in [0.2, 0.25) is 0 Å². The van der Waals surface area contributed by atoms with Gasteiger partial charge in [-0.25, -0.2) is 9.78 Å². The highest BCUT2D eigenvalue weighted by Crippen LogP contribution is 2.28. The fourth-order valence-corrected chi connectivity index (χ4v) is 2.34. The van der Waals surface area contributed by atoms with E-state index in [-0.39, 0.29) is 5.56 Å². The minimum absolute atomic E-state index is 0.210. The molecule has 0 unspecified atom stereocenters. The zero-order valence-corrected chi connectivity index (χ0v) is 11.8. The molecule has 0 atom stereocenters. The summed E-state index contributed by atoms with van der Waals surface area (Å²) in [5, 5.41) is 9.53. The van der Waals surface area contributed by atoms with Gasteiger partial charge in [0.1, 0.15) is 12.1 Å². The van der Waals surface area contributed by atoms with Gasteiger partial charge < -0.3 is 9.84 Å². The molecule has 0 aliphatic rings. The van der Waals surface area contributed by atoms with Crippen LogP contribution in [0.3, 0.4) is 0 Å². The standard InChI is InChI=1S/C15H11ClN2O3/c1-21-14-7-10(3-4-11(14)16)18-8-17-12-6-9(15(19)20)2-5-13(12)18/h2-8H,1H3,(H,19,20). The number of carboxylic acids is 1. The summed E-state index contributed by atoms with van der Waals surface area (Å²) >= 11 is 6.02. The van der Waals surface area contributed by atoms with Crippen molar-refractivity contribution in [3.05, 3.63) is 53.3 Å². The minimum Gasteiger partial charge on any atom is -0.495 e. The molecule has 1 aromatic heterocycles. The number of nitrogens with zero attached hydrogens (tertiary/aromatic N) is 2. The summed E-state index contributed by atoms with van der Waals surface area (Å²) in [6.07, 6.45) is 1.64. The summed E-state index contributed by atoms with van der Waals surface area (Å²) in [6.45, 7) is 0. The summed E-state index contributed by atoms with van der Waals surface area (Å²) in [5.41, 5.74) is 2.47. The van der Waals surface area contributed by atoms with E-state index in [1.165, 1.54) is 0 Å². The third kappa shape index (κ3) is 2.32. The van der Waals surface area contributed by atoms with Crippen LogP contribution in [-0.2, 0) is 0 Å². The number of carboxylic acid groups (broad SMARTS) is 1. The Morgan fingerprint density at radius 3 is 2.81 bits per heavy atom. The third-order valence-corrected chi connectivity index (χ3v) is 3.52. The number of aromatic nitrogens is 2. The van der Waals surface area contributed by atoms with E-state index in [4.69, 9.17) is 21.4 Å². The van der Waals surface area contributed by atoms with E-state index in [2.05, 4.69) is 4.98 Å². The number of hydrogen-bond donors (Lipinski definition) is 1. The zero-order valence-electron chi connectivity index (χ0n) is 11.1. The molecular weight excluding hydrogens is 292 g/mol. The summed E-state index contributed by atoms with van der Waals surface area (Å²) in [6, 6.07) is 10.2. The largest absolute Gasteiger partial charge is 0.495 e. The van der Waals surface area contributed by atoms with Crippen molar-refractivity contribution in [3.63, 3.8) is 0 Å². The van der Waals surface area contributed by atoms with Crippen molar-refractivity contribution in [2.24, 2.45) is 0 Å². The molecule has 5 nitrogen and oxygen atoms in total. The van der Waals surface area contributed by atoms with Crippen LogP contribution in [0.4, 0.5) is 0 Å². The first-order valence-electron chi connectivity index (χ1n) is 6.14. The average molecular weight is 303 g/mol. The van der Waals surface area contributed by atoms with Crippen molar-refractivity contribution < 1.29 is 14.6 Å². The molecule has 6 heteroatoms. The molecule has 0 saturated carbocycles. The van der Waals surface area contributed by atoms with Crippen molar-refractivity contribution in [1.82, 2.24) is 9.55 Å². The van der Waals surface area contributed by atoms with E-state index >= 15 is 0 Å². The van der Waals surface area contributed by atoms with Crippen LogP contribution in [0.1, 0.15) is 10.4 Å². The Bertz CT molecular complexity index is 842. The number of methoxy groups -OCH3 is 1. The monoisotopic (exact) mass is 302 g/mol. The van der Waals surface area contributed by atoms with Gasteiger partial charge in [0.05, 0.1) is 34.4 Å². The predicted molar refractivity (Wildman–Crippen MR) is 79.6 cm³/mol. The Balaban J connectivity index is 2.15. The second-order valence-electron chi connectivity index (χ2n) is 4.44. The van der Waals surface area contributed by atoms with Crippen LogP contribution in [0.2, 0.25) is 5.02 Å². The molecule has 1 heterocycles. The first kappa shape index (κ1) is 13.5. The normalized spacial score (nSPS) is 10.8. The van der Waals surface area contributed by atoms with E-state index in [9.17, 15) is 4.79 Å².